The molecule has 0 amide bonds. The quantitative estimate of drug-likeness (QED) is 0.503. The molecular weight excluding hydrogens is 522 g/mol. The Kier molecular flexibility index (Phi) is 4.14. The zero-order chi connectivity index (χ0) is 15.8. The van der Waals surface area contributed by atoms with Gasteiger partial charge in [-0.25, -0.2) is 0 Å². The van der Waals surface area contributed by atoms with Crippen molar-refractivity contribution in [1.29, 1.82) is 0 Å². The number of rotatable bonds is 2. The fourth-order valence-corrected chi connectivity index (χ4v) is 21.4. The van der Waals surface area contributed by atoms with Crippen molar-refractivity contribution in [3.63, 3.8) is 0 Å². The summed E-state index contributed by atoms with van der Waals surface area (Å²) in [5, 5.41) is 3.51. The molecule has 0 saturated heterocycles. The van der Waals surface area contributed by atoms with Gasteiger partial charge in [-0.15, -0.1) is 0 Å². The van der Waals surface area contributed by atoms with Gasteiger partial charge in [-0.1, -0.05) is 0 Å². The van der Waals surface area contributed by atoms with Crippen LogP contribution in [0.5, 0.6) is 0 Å². The second-order valence-electron chi connectivity index (χ2n) is 8.83. The Hall–Kier alpha value is 1.21. The third kappa shape index (κ3) is 2.77. The van der Waals surface area contributed by atoms with Crippen LogP contribution in [0.2, 0.25) is 42.7 Å². The Balaban J connectivity index is 2.21. The fourth-order valence-electron chi connectivity index (χ4n) is 2.93. The van der Waals surface area contributed by atoms with Gasteiger partial charge >= 0.3 is 148 Å². The summed E-state index contributed by atoms with van der Waals surface area (Å²) in [4.78, 5) is 18.7. The summed E-state index contributed by atoms with van der Waals surface area (Å²) in [7, 11) is -1.41. The third-order valence-corrected chi connectivity index (χ3v) is 29.6. The molecule has 0 bridgehead atoms. The maximum absolute atomic E-state index is 2.63. The van der Waals surface area contributed by atoms with Crippen LogP contribution in [-0.4, -0.2) is 44.8 Å². The van der Waals surface area contributed by atoms with E-state index in [0.29, 0.717) is 0 Å². The molecule has 0 saturated carbocycles. The molecule has 21 heavy (non-hydrogen) atoms. The topological polar surface area (TPSA) is 0 Å². The molecule has 0 aromatic carbocycles. The number of hydrogen-bond donors (Lipinski definition) is 0. The monoisotopic (exact) mass is 550 g/mol. The molecule has 0 spiro atoms. The fraction of sp³-hybridized carbons (Fsp3) is 0.500. The van der Waals surface area contributed by atoms with Crippen LogP contribution in [0, 0.1) is 0 Å². The van der Waals surface area contributed by atoms with Gasteiger partial charge in [0.2, 0.25) is 0 Å². The first kappa shape index (κ1) is 17.1. The van der Waals surface area contributed by atoms with E-state index in [1.54, 1.807) is 25.9 Å². The number of thiophene rings is 2. The molecule has 0 radical (unpaired) electrons. The van der Waals surface area contributed by atoms with Crippen molar-refractivity contribution in [3.05, 3.63) is 12.1 Å². The molecule has 0 fully saturated rings. The molecule has 2 aromatic rings. The average molecular weight is 548 g/mol. The van der Waals surface area contributed by atoms with Crippen molar-refractivity contribution in [1.82, 2.24) is 0 Å². The molecule has 3 rings (SSSR count). The normalized spacial score (nSPS) is 17.0. The van der Waals surface area contributed by atoms with E-state index in [9.17, 15) is 0 Å². The Labute approximate surface area is 146 Å². The Morgan fingerprint density at radius 1 is 0.714 bits per heavy atom. The Morgan fingerprint density at radius 2 is 1.05 bits per heavy atom. The van der Waals surface area contributed by atoms with E-state index in [4.69, 9.17) is 0 Å². The zero-order valence-corrected chi connectivity index (χ0v) is 22.8. The molecule has 0 nitrogen and oxygen atoms in total. The second-order valence-corrected chi connectivity index (χ2v) is 46.1. The van der Waals surface area contributed by atoms with Crippen LogP contribution in [0.1, 0.15) is 0 Å². The van der Waals surface area contributed by atoms with Crippen LogP contribution in [0.25, 0.3) is 9.75 Å². The summed E-state index contributed by atoms with van der Waals surface area (Å²) in [6, 6.07) is 5.27. The van der Waals surface area contributed by atoms with Gasteiger partial charge < -0.3 is 0 Å². The van der Waals surface area contributed by atoms with Gasteiger partial charge in [-0.05, 0) is 0 Å². The van der Waals surface area contributed by atoms with Gasteiger partial charge in [0.05, 0.1) is 0 Å². The predicted molar refractivity (Wildman–Crippen MR) is 110 cm³/mol. The van der Waals surface area contributed by atoms with E-state index in [2.05, 4.69) is 77.5 Å². The van der Waals surface area contributed by atoms with Crippen LogP contribution >= 0.6 is 22.7 Å². The maximum atomic E-state index is 2.63. The standard InChI is InChI=1S/C10H8S2Si.6CH3.2Sn/c1-13(2)7-3-5-11-9(7)10-8(13)4-6-12-10;;;;;;;;/h3-4H,1-2H3;6*1H3;;. The summed E-state index contributed by atoms with van der Waals surface area (Å²) in [5.74, 6) is 0. The molecule has 114 valence electrons. The minimum absolute atomic E-state index is 1.41. The molecule has 5 heteroatoms. The van der Waals surface area contributed by atoms with E-state index in [1.807, 2.05) is 0 Å². The molecule has 1 aliphatic heterocycles. The van der Waals surface area contributed by atoms with E-state index < -0.39 is 44.8 Å². The molecule has 0 N–H and O–H groups in total. The van der Waals surface area contributed by atoms with Crippen molar-refractivity contribution in [2.75, 3.05) is 0 Å². The van der Waals surface area contributed by atoms with Crippen LogP contribution in [0.3, 0.4) is 0 Å². The van der Waals surface area contributed by atoms with Crippen LogP contribution in [0.15, 0.2) is 12.1 Å². The summed E-state index contributed by atoms with van der Waals surface area (Å²) < 4.78 is 3.55. The van der Waals surface area contributed by atoms with Gasteiger partial charge in [-0.2, -0.15) is 0 Å². The Morgan fingerprint density at radius 3 is 1.33 bits per heavy atom. The third-order valence-electron chi connectivity index (χ3n) is 4.50. The van der Waals surface area contributed by atoms with E-state index in [0.717, 1.165) is 0 Å². The van der Waals surface area contributed by atoms with Gasteiger partial charge in [0, 0.05) is 0 Å². The molecule has 0 unspecified atom stereocenters. The minimum atomic E-state index is -1.93. The van der Waals surface area contributed by atoms with Crippen LogP contribution < -0.4 is 16.2 Å². The number of fused-ring (bicyclic) bond motifs is 3. The van der Waals surface area contributed by atoms with Crippen molar-refractivity contribution >= 4 is 83.7 Å². The average Bonchev–Trinajstić information content (AvgIpc) is 2.94. The van der Waals surface area contributed by atoms with Crippen LogP contribution in [-0.2, 0) is 0 Å². The van der Waals surface area contributed by atoms with Gasteiger partial charge in [0.25, 0.3) is 0 Å². The summed E-state index contributed by atoms with van der Waals surface area (Å²) in [6.07, 6.45) is 0. The molecule has 3 heterocycles. The van der Waals surface area contributed by atoms with Gasteiger partial charge in [0.15, 0.2) is 0 Å². The number of hydrogen-bond acceptors (Lipinski definition) is 2. The molecule has 0 atom stereocenters. The molecular formula is C16H26S2SiSn2. The van der Waals surface area contributed by atoms with Crippen LogP contribution in [0.4, 0.5) is 0 Å². The first-order valence-corrected chi connectivity index (χ1v) is 32.3. The summed E-state index contributed by atoms with van der Waals surface area (Å²) in [6.45, 7) is 5.14. The van der Waals surface area contributed by atoms with E-state index in [-0.39, 0.29) is 0 Å². The summed E-state index contributed by atoms with van der Waals surface area (Å²) >= 11 is 0.459. The zero-order valence-electron chi connectivity index (χ0n) is 14.5. The van der Waals surface area contributed by atoms with E-state index in [1.165, 1.54) is 0 Å². The first-order chi connectivity index (χ1) is 9.42. The first-order valence-electron chi connectivity index (χ1n) is 7.72. The predicted octanol–water partition coefficient (Wildman–Crippen LogP) is 3.70. The second kappa shape index (κ2) is 5.10. The van der Waals surface area contributed by atoms with Crippen molar-refractivity contribution in [2.45, 2.75) is 42.7 Å². The SMILES string of the molecule is C[Si]1(C)c2c[c]([Sn]([CH3])([CH3])[CH3])sc2-c2s[c]([Sn]([CH3])([CH3])[CH3])cc21. The van der Waals surface area contributed by atoms with Crippen molar-refractivity contribution in [3.8, 4) is 9.75 Å². The molecule has 1 aliphatic rings. The van der Waals surface area contributed by atoms with Gasteiger partial charge in [0.1, 0.15) is 0 Å². The van der Waals surface area contributed by atoms with Crippen molar-refractivity contribution < 1.29 is 0 Å². The summed E-state index contributed by atoms with van der Waals surface area (Å²) in [5.41, 5.74) is 0. The van der Waals surface area contributed by atoms with E-state index >= 15 is 0 Å². The van der Waals surface area contributed by atoms with Crippen molar-refractivity contribution in [2.24, 2.45) is 0 Å². The van der Waals surface area contributed by atoms with Gasteiger partial charge in [-0.3, -0.25) is 0 Å². The molecule has 2 aromatic heterocycles. The molecule has 0 aliphatic carbocycles. The Bertz CT molecular complexity index is 651.